The quantitative estimate of drug-likeness (QED) is 0.835. The number of hydrogen-bond acceptors (Lipinski definition) is 4. The smallest absolute Gasteiger partial charge is 0.263 e. The Kier molecular flexibility index (Phi) is 4.10. The Bertz CT molecular complexity index is 663. The largest absolute Gasteiger partial charge is 0.272 e. The van der Waals surface area contributed by atoms with Crippen molar-refractivity contribution >= 4 is 59.0 Å². The lowest BCUT2D eigenvalue weighted by molar-refractivity contribution is 0.603. The standard InChI is InChI=1S/C10H8Br2N2O2S2/c1-6-4-9(17-10(6)12)18(15,16)14-8-5-7(11)2-3-13-8/h2-5H,1H3,(H,13,14). The number of sulfonamides is 1. The minimum Gasteiger partial charge on any atom is -0.263 e. The second-order valence-electron chi connectivity index (χ2n) is 3.49. The third kappa shape index (κ3) is 3.11. The zero-order valence-corrected chi connectivity index (χ0v) is 14.0. The number of pyridine rings is 1. The molecule has 0 spiro atoms. The Morgan fingerprint density at radius 2 is 2.06 bits per heavy atom. The topological polar surface area (TPSA) is 59.1 Å². The summed E-state index contributed by atoms with van der Waals surface area (Å²) >= 11 is 7.74. The molecule has 2 rings (SSSR count). The first-order valence-corrected chi connectivity index (χ1v) is 8.67. The van der Waals surface area contributed by atoms with E-state index in [1.165, 1.54) is 17.5 Å². The Balaban J connectivity index is 2.33. The summed E-state index contributed by atoms with van der Waals surface area (Å²) in [5.41, 5.74) is 0.891. The van der Waals surface area contributed by atoms with Crippen molar-refractivity contribution in [2.45, 2.75) is 11.1 Å². The highest BCUT2D eigenvalue weighted by molar-refractivity contribution is 9.11. The molecule has 2 aromatic heterocycles. The summed E-state index contributed by atoms with van der Waals surface area (Å²) in [7, 11) is -3.58. The van der Waals surface area contributed by atoms with E-state index >= 15 is 0 Å². The van der Waals surface area contributed by atoms with Crippen molar-refractivity contribution in [2.24, 2.45) is 0 Å². The molecule has 0 aliphatic carbocycles. The zero-order valence-electron chi connectivity index (χ0n) is 9.15. The second-order valence-corrected chi connectivity index (χ2v) is 8.68. The van der Waals surface area contributed by atoms with Crippen molar-refractivity contribution in [3.8, 4) is 0 Å². The molecule has 2 heterocycles. The number of rotatable bonds is 3. The number of nitrogens with one attached hydrogen (secondary N) is 1. The van der Waals surface area contributed by atoms with Crippen molar-refractivity contribution in [2.75, 3.05) is 4.72 Å². The minimum atomic E-state index is -3.58. The van der Waals surface area contributed by atoms with Crippen molar-refractivity contribution in [3.63, 3.8) is 0 Å². The minimum absolute atomic E-state index is 0.258. The molecular weight excluding hydrogens is 404 g/mol. The second kappa shape index (κ2) is 5.28. The van der Waals surface area contributed by atoms with E-state index in [1.54, 1.807) is 18.2 Å². The van der Waals surface area contributed by atoms with Gasteiger partial charge in [-0.25, -0.2) is 13.4 Å². The molecule has 2 aromatic rings. The van der Waals surface area contributed by atoms with Crippen LogP contribution in [0, 0.1) is 6.92 Å². The van der Waals surface area contributed by atoms with Crippen molar-refractivity contribution in [3.05, 3.63) is 38.2 Å². The highest BCUT2D eigenvalue weighted by Crippen LogP contribution is 2.31. The van der Waals surface area contributed by atoms with E-state index in [1.807, 2.05) is 6.92 Å². The molecule has 0 bridgehead atoms. The van der Waals surface area contributed by atoms with E-state index < -0.39 is 10.0 Å². The third-order valence-electron chi connectivity index (χ3n) is 2.06. The van der Waals surface area contributed by atoms with Crippen LogP contribution in [-0.2, 0) is 10.0 Å². The molecule has 8 heteroatoms. The summed E-state index contributed by atoms with van der Waals surface area (Å²) in [5, 5.41) is 0. The molecule has 18 heavy (non-hydrogen) atoms. The maximum atomic E-state index is 12.1. The average molecular weight is 412 g/mol. The molecule has 0 unspecified atom stereocenters. The van der Waals surface area contributed by atoms with Crippen LogP contribution < -0.4 is 4.72 Å². The summed E-state index contributed by atoms with van der Waals surface area (Å²) in [6.07, 6.45) is 1.53. The molecule has 0 fully saturated rings. The van der Waals surface area contributed by atoms with Gasteiger partial charge in [0.1, 0.15) is 10.0 Å². The van der Waals surface area contributed by atoms with Gasteiger partial charge in [0, 0.05) is 10.7 Å². The summed E-state index contributed by atoms with van der Waals surface area (Å²) < 4.78 is 28.5. The lowest BCUT2D eigenvalue weighted by Crippen LogP contribution is -2.12. The molecule has 0 aliphatic rings. The molecule has 0 saturated carbocycles. The third-order valence-corrected chi connectivity index (χ3v) is 6.52. The summed E-state index contributed by atoms with van der Waals surface area (Å²) in [6, 6.07) is 4.95. The first kappa shape index (κ1) is 14.0. The van der Waals surface area contributed by atoms with Crippen LogP contribution in [0.2, 0.25) is 0 Å². The summed E-state index contributed by atoms with van der Waals surface area (Å²) in [4.78, 5) is 3.95. The number of halogens is 2. The van der Waals surface area contributed by atoms with Gasteiger partial charge in [0.25, 0.3) is 10.0 Å². The Labute approximate surface area is 126 Å². The lowest BCUT2D eigenvalue weighted by atomic mass is 10.4. The van der Waals surface area contributed by atoms with E-state index in [9.17, 15) is 8.42 Å². The van der Waals surface area contributed by atoms with E-state index in [4.69, 9.17) is 0 Å². The van der Waals surface area contributed by atoms with E-state index in [0.29, 0.717) is 0 Å². The van der Waals surface area contributed by atoms with Gasteiger partial charge in [-0.15, -0.1) is 11.3 Å². The van der Waals surface area contributed by atoms with Gasteiger partial charge in [0.2, 0.25) is 0 Å². The first-order valence-electron chi connectivity index (χ1n) is 4.79. The van der Waals surface area contributed by atoms with Crippen molar-refractivity contribution in [1.29, 1.82) is 0 Å². The van der Waals surface area contributed by atoms with Gasteiger partial charge in [0.15, 0.2) is 0 Å². The normalized spacial score (nSPS) is 11.5. The van der Waals surface area contributed by atoms with Gasteiger partial charge in [-0.3, -0.25) is 4.72 Å². The molecule has 1 N–H and O–H groups in total. The van der Waals surface area contributed by atoms with Gasteiger partial charge in [-0.1, -0.05) is 15.9 Å². The molecule has 0 aliphatic heterocycles. The summed E-state index contributed by atoms with van der Waals surface area (Å²) in [5.74, 6) is 0.284. The molecule has 0 atom stereocenters. The number of anilines is 1. The highest BCUT2D eigenvalue weighted by atomic mass is 79.9. The Morgan fingerprint density at radius 3 is 2.61 bits per heavy atom. The molecule has 96 valence electrons. The SMILES string of the molecule is Cc1cc(S(=O)(=O)Nc2cc(Br)ccn2)sc1Br. The van der Waals surface area contributed by atoms with Crippen LogP contribution in [0.1, 0.15) is 5.56 Å². The van der Waals surface area contributed by atoms with E-state index in [-0.39, 0.29) is 10.0 Å². The Hall–Kier alpha value is -0.440. The molecule has 0 saturated heterocycles. The number of nitrogens with zero attached hydrogens (tertiary/aromatic N) is 1. The number of aromatic nitrogens is 1. The summed E-state index contributed by atoms with van der Waals surface area (Å²) in [6.45, 7) is 1.84. The molecular formula is C10H8Br2N2O2S2. The first-order chi connectivity index (χ1) is 8.38. The number of aryl methyl sites for hydroxylation is 1. The monoisotopic (exact) mass is 410 g/mol. The number of thiophene rings is 1. The molecule has 0 aromatic carbocycles. The van der Waals surface area contributed by atoms with Gasteiger partial charge in [-0.2, -0.15) is 0 Å². The van der Waals surface area contributed by atoms with Gasteiger partial charge in [-0.05, 0) is 46.6 Å². The predicted octanol–water partition coefficient (Wildman–Crippen LogP) is 3.78. The zero-order chi connectivity index (χ0) is 13.3. The van der Waals surface area contributed by atoms with Gasteiger partial charge in [0.05, 0.1) is 3.79 Å². The molecule has 0 amide bonds. The van der Waals surface area contributed by atoms with Crippen LogP contribution >= 0.6 is 43.2 Å². The van der Waals surface area contributed by atoms with E-state index in [2.05, 4.69) is 41.6 Å². The van der Waals surface area contributed by atoms with Crippen LogP contribution in [0.3, 0.4) is 0 Å². The maximum absolute atomic E-state index is 12.1. The fourth-order valence-corrected chi connectivity index (χ4v) is 4.77. The van der Waals surface area contributed by atoms with Gasteiger partial charge < -0.3 is 0 Å². The van der Waals surface area contributed by atoms with Crippen molar-refractivity contribution < 1.29 is 8.42 Å². The van der Waals surface area contributed by atoms with Gasteiger partial charge >= 0.3 is 0 Å². The number of hydrogen-bond donors (Lipinski definition) is 1. The fourth-order valence-electron chi connectivity index (χ4n) is 1.21. The maximum Gasteiger partial charge on any atom is 0.272 e. The van der Waals surface area contributed by atoms with Crippen LogP contribution in [0.25, 0.3) is 0 Å². The molecule has 4 nitrogen and oxygen atoms in total. The van der Waals surface area contributed by atoms with Crippen LogP contribution in [0.15, 0.2) is 36.9 Å². The Morgan fingerprint density at radius 1 is 1.33 bits per heavy atom. The van der Waals surface area contributed by atoms with E-state index in [0.717, 1.165) is 13.8 Å². The highest BCUT2D eigenvalue weighted by Gasteiger charge is 2.18. The van der Waals surface area contributed by atoms with Crippen LogP contribution in [-0.4, -0.2) is 13.4 Å². The van der Waals surface area contributed by atoms with Crippen molar-refractivity contribution in [1.82, 2.24) is 4.98 Å². The van der Waals surface area contributed by atoms with Crippen LogP contribution in [0.4, 0.5) is 5.82 Å². The van der Waals surface area contributed by atoms with Crippen LogP contribution in [0.5, 0.6) is 0 Å². The fraction of sp³-hybridized carbons (Fsp3) is 0.100. The average Bonchev–Trinajstić information content (AvgIpc) is 2.59. The predicted molar refractivity (Wildman–Crippen MR) is 79.5 cm³/mol. The molecule has 0 radical (unpaired) electrons. The lowest BCUT2D eigenvalue weighted by Gasteiger charge is -2.04.